The Hall–Kier alpha value is -3.02. The number of fused-ring (bicyclic) bond motifs is 1. The number of likely N-dealkylation sites (tertiary alicyclic amines) is 1. The maximum absolute atomic E-state index is 15.2. The third-order valence-electron chi connectivity index (χ3n) is 10.6. The smallest absolute Gasteiger partial charge is 0.313 e. The minimum absolute atomic E-state index is 0.108. The van der Waals surface area contributed by atoms with Gasteiger partial charge >= 0.3 is 5.97 Å². The van der Waals surface area contributed by atoms with E-state index in [0.717, 1.165) is 0 Å². The van der Waals surface area contributed by atoms with E-state index in [9.17, 15) is 19.5 Å². The lowest BCUT2D eigenvalue weighted by atomic mass is 9.70. The van der Waals surface area contributed by atoms with Crippen molar-refractivity contribution >= 4 is 39.6 Å². The first-order valence-corrected chi connectivity index (χ1v) is 19.6. The number of nitrogens with one attached hydrogen (secondary N) is 1. The number of nitrogens with zero attached hydrogens (tertiary/aromatic N) is 2. The zero-order valence-corrected chi connectivity index (χ0v) is 33.9. The van der Waals surface area contributed by atoms with Crippen LogP contribution in [0.3, 0.4) is 0 Å². The van der Waals surface area contributed by atoms with E-state index in [4.69, 9.17) is 9.47 Å². The summed E-state index contributed by atoms with van der Waals surface area (Å²) in [5, 5.41) is 13.7. The summed E-state index contributed by atoms with van der Waals surface area (Å²) in [6.07, 6.45) is 3.98. The molecule has 3 aliphatic rings. The van der Waals surface area contributed by atoms with Crippen LogP contribution in [0.15, 0.2) is 55.6 Å². The molecule has 0 aromatic heterocycles. The van der Waals surface area contributed by atoms with Gasteiger partial charge in [-0.3, -0.25) is 19.2 Å². The number of ether oxygens (including phenoxy) is 2. The van der Waals surface area contributed by atoms with Gasteiger partial charge in [0.25, 0.3) is 0 Å². The molecule has 288 valence electrons. The summed E-state index contributed by atoms with van der Waals surface area (Å²) in [4.78, 5) is 60.5. The third-order valence-corrected chi connectivity index (χ3v) is 11.5. The molecule has 11 heteroatoms. The van der Waals surface area contributed by atoms with E-state index in [1.807, 2.05) is 58.0 Å². The number of allylic oxidation sites excluding steroid dienone is 1. The number of hydrogen-bond donors (Lipinski definition) is 2. The van der Waals surface area contributed by atoms with Crippen molar-refractivity contribution in [1.29, 1.82) is 0 Å². The highest BCUT2D eigenvalue weighted by molar-refractivity contribution is 9.09. The molecule has 1 aromatic rings. The van der Waals surface area contributed by atoms with Gasteiger partial charge < -0.3 is 29.7 Å². The van der Waals surface area contributed by atoms with Crippen LogP contribution in [0.4, 0.5) is 0 Å². The molecule has 1 aromatic carbocycles. The normalized spacial score (nSPS) is 27.2. The van der Waals surface area contributed by atoms with Crippen molar-refractivity contribution in [3.05, 3.63) is 61.2 Å². The predicted molar refractivity (Wildman–Crippen MR) is 205 cm³/mol. The second kappa shape index (κ2) is 16.6. The standard InChI is InChI=1S/C41H60BrN3O7/c1-11-13-19-30(47)43-26(5)33(27-17-15-14-16-18-27)51-38(50)31-32-36(48)45(28(23-46)21-25(3)4)35(41(32)22-29(42)34(31)52-41)37(49)44(20-12-2)40(9,10)24-39(6,7)8/h11-12,14-18,25-26,28-29,31-35,46H,1-2,13,19-24H2,3-10H3,(H,43,47)/t26-,28-,29?,31+,32-,33-,34+,35+,41-/m1/s1. The van der Waals surface area contributed by atoms with Gasteiger partial charge in [-0.05, 0) is 63.4 Å². The molecule has 10 nitrogen and oxygen atoms in total. The van der Waals surface area contributed by atoms with Gasteiger partial charge in [-0.1, -0.05) is 93.0 Å². The molecule has 3 heterocycles. The quantitative estimate of drug-likeness (QED) is 0.111. The number of carbonyl (C=O) groups excluding carboxylic acids is 4. The number of aliphatic hydroxyl groups is 1. The second-order valence-corrected chi connectivity index (χ2v) is 18.3. The molecule has 1 spiro atoms. The van der Waals surface area contributed by atoms with Crippen molar-refractivity contribution in [2.45, 2.75) is 134 Å². The van der Waals surface area contributed by atoms with Gasteiger partial charge in [0.15, 0.2) is 0 Å². The minimum atomic E-state index is -1.34. The van der Waals surface area contributed by atoms with Crippen molar-refractivity contribution in [2.75, 3.05) is 13.2 Å². The maximum atomic E-state index is 15.2. The second-order valence-electron chi connectivity index (χ2n) is 17.1. The molecular formula is C41H60BrN3O7. The highest BCUT2D eigenvalue weighted by Gasteiger charge is 2.78. The van der Waals surface area contributed by atoms with Crippen molar-refractivity contribution in [3.8, 4) is 0 Å². The number of aliphatic hydroxyl groups excluding tert-OH is 1. The molecule has 4 rings (SSSR count). The van der Waals surface area contributed by atoms with Gasteiger partial charge in [0.05, 0.1) is 36.6 Å². The highest BCUT2D eigenvalue weighted by Crippen LogP contribution is 2.61. The summed E-state index contributed by atoms with van der Waals surface area (Å²) in [5.74, 6) is -3.46. The van der Waals surface area contributed by atoms with Crippen LogP contribution in [0.5, 0.6) is 0 Å². The van der Waals surface area contributed by atoms with Gasteiger partial charge in [0, 0.05) is 23.3 Å². The Bertz CT molecular complexity index is 1480. The SMILES string of the molecule is C=CCCC(=O)N[C@H](C)[C@@H](OC(=O)[C@@H]1[C@H]2O[C@@]3(CC2Br)[C@H](C(=O)N(CC=C)C(C)(C)CC(C)(C)C)N([C@@H](CO)CC(C)C)C(=O)[C@@H]13)c1ccccc1. The molecular weight excluding hydrogens is 726 g/mol. The Morgan fingerprint density at radius 2 is 1.79 bits per heavy atom. The fraction of sp³-hybridized carbons (Fsp3) is 0.659. The van der Waals surface area contributed by atoms with E-state index < -0.39 is 65.2 Å². The first-order chi connectivity index (χ1) is 24.3. The van der Waals surface area contributed by atoms with Gasteiger partial charge in [-0.2, -0.15) is 0 Å². The van der Waals surface area contributed by atoms with Gasteiger partial charge in [-0.25, -0.2) is 0 Å². The maximum Gasteiger partial charge on any atom is 0.313 e. The first kappa shape index (κ1) is 41.7. The number of carbonyl (C=O) groups is 4. The molecule has 3 amide bonds. The Morgan fingerprint density at radius 3 is 2.35 bits per heavy atom. The zero-order valence-electron chi connectivity index (χ0n) is 32.3. The fourth-order valence-corrected chi connectivity index (χ4v) is 10.0. The van der Waals surface area contributed by atoms with E-state index in [-0.39, 0.29) is 47.5 Å². The van der Waals surface area contributed by atoms with E-state index >= 15 is 4.79 Å². The summed E-state index contributed by atoms with van der Waals surface area (Å²) < 4.78 is 13.1. The molecule has 0 aliphatic carbocycles. The molecule has 3 saturated heterocycles. The number of benzene rings is 1. The van der Waals surface area contributed by atoms with Crippen LogP contribution in [0.2, 0.25) is 0 Å². The van der Waals surface area contributed by atoms with Gasteiger partial charge in [-0.15, -0.1) is 13.2 Å². The van der Waals surface area contributed by atoms with E-state index in [1.165, 1.54) is 4.90 Å². The molecule has 2 N–H and O–H groups in total. The summed E-state index contributed by atoms with van der Waals surface area (Å²) in [5.41, 5.74) is -1.40. The predicted octanol–water partition coefficient (Wildman–Crippen LogP) is 6.13. The lowest BCUT2D eigenvalue weighted by Crippen LogP contribution is -2.62. The summed E-state index contributed by atoms with van der Waals surface area (Å²) in [6.45, 7) is 23.8. The first-order valence-electron chi connectivity index (χ1n) is 18.7. The Labute approximate surface area is 318 Å². The van der Waals surface area contributed by atoms with Crippen molar-refractivity contribution in [1.82, 2.24) is 15.1 Å². The van der Waals surface area contributed by atoms with Crippen LogP contribution in [0.25, 0.3) is 0 Å². The number of rotatable bonds is 17. The Kier molecular flexibility index (Phi) is 13.3. The molecule has 3 aliphatic heterocycles. The lowest BCUT2D eigenvalue weighted by molar-refractivity contribution is -0.163. The van der Waals surface area contributed by atoms with Gasteiger partial charge in [0.2, 0.25) is 17.7 Å². The Morgan fingerprint density at radius 1 is 1.13 bits per heavy atom. The van der Waals surface area contributed by atoms with E-state index in [0.29, 0.717) is 31.2 Å². The largest absolute Gasteiger partial charge is 0.455 e. The van der Waals surface area contributed by atoms with Crippen LogP contribution in [-0.2, 0) is 28.7 Å². The molecule has 3 fully saturated rings. The summed E-state index contributed by atoms with van der Waals surface area (Å²) in [7, 11) is 0. The van der Waals surface area contributed by atoms with E-state index in [1.54, 1.807) is 24.0 Å². The van der Waals surface area contributed by atoms with E-state index in [2.05, 4.69) is 55.2 Å². The average molecular weight is 787 g/mol. The zero-order chi connectivity index (χ0) is 38.8. The molecule has 52 heavy (non-hydrogen) atoms. The van der Waals surface area contributed by atoms with Crippen LogP contribution in [0, 0.1) is 23.2 Å². The van der Waals surface area contributed by atoms with Crippen molar-refractivity contribution in [3.63, 3.8) is 0 Å². The average Bonchev–Trinajstić information content (AvgIpc) is 3.65. The Balaban J connectivity index is 1.79. The topological polar surface area (TPSA) is 125 Å². The third kappa shape index (κ3) is 8.52. The number of hydrogen-bond acceptors (Lipinski definition) is 7. The van der Waals surface area contributed by atoms with Crippen LogP contribution in [0.1, 0.15) is 99.2 Å². The fourth-order valence-electron chi connectivity index (χ4n) is 9.08. The number of alkyl halides is 1. The molecule has 2 bridgehead atoms. The van der Waals surface area contributed by atoms with Crippen LogP contribution < -0.4 is 5.32 Å². The van der Waals surface area contributed by atoms with Crippen molar-refractivity contribution in [2.24, 2.45) is 23.2 Å². The van der Waals surface area contributed by atoms with Crippen LogP contribution >= 0.6 is 15.9 Å². The highest BCUT2D eigenvalue weighted by atomic mass is 79.9. The monoisotopic (exact) mass is 785 g/mol. The summed E-state index contributed by atoms with van der Waals surface area (Å²) in [6, 6.07) is 6.84. The minimum Gasteiger partial charge on any atom is -0.455 e. The number of amides is 3. The number of halogens is 1. The van der Waals surface area contributed by atoms with Gasteiger partial charge in [0.1, 0.15) is 17.7 Å². The lowest BCUT2D eigenvalue weighted by Gasteiger charge is -2.46. The molecule has 1 unspecified atom stereocenters. The molecule has 0 saturated carbocycles. The number of esters is 1. The summed E-state index contributed by atoms with van der Waals surface area (Å²) >= 11 is 3.77. The van der Waals surface area contributed by atoms with Crippen LogP contribution in [-0.4, -0.2) is 91.9 Å². The molecule has 9 atom stereocenters. The molecule has 0 radical (unpaired) electrons. The van der Waals surface area contributed by atoms with Crippen molar-refractivity contribution < 1.29 is 33.8 Å².